The Kier molecular flexibility index (Phi) is 5.30. The predicted octanol–water partition coefficient (Wildman–Crippen LogP) is 4.63. The summed E-state index contributed by atoms with van der Waals surface area (Å²) in [5.41, 5.74) is 6.27. The standard InChI is InChI=1S/C26H30N2O3/c1-27-16-18(17-8-3-4-9-19(17)27)24-25-20(10-5-12-22(25)29)28(14-7-15-31-2)21-11-6-13-23(30)26(21)24/h3-4,8-9,16,24H,5-7,10-15H2,1-2H3. The first-order chi connectivity index (χ1) is 15.1. The number of Topliss-reactive ketones (excluding diaryl/α,β-unsaturated/α-hetero) is 2. The number of carbonyl (C=O) groups excluding carboxylic acids is 2. The number of para-hydroxylation sites is 1. The van der Waals surface area contributed by atoms with Crippen LogP contribution in [0.2, 0.25) is 0 Å². The van der Waals surface area contributed by atoms with Crippen LogP contribution in [0.25, 0.3) is 10.9 Å². The van der Waals surface area contributed by atoms with Gasteiger partial charge in [0.2, 0.25) is 0 Å². The molecule has 5 rings (SSSR count). The molecule has 5 nitrogen and oxygen atoms in total. The van der Waals surface area contributed by atoms with E-state index in [1.807, 2.05) is 19.2 Å². The van der Waals surface area contributed by atoms with Gasteiger partial charge in [0.1, 0.15) is 0 Å². The molecule has 0 unspecified atom stereocenters. The van der Waals surface area contributed by atoms with Crippen molar-refractivity contribution in [3.05, 3.63) is 58.6 Å². The Morgan fingerprint density at radius 3 is 2.26 bits per heavy atom. The van der Waals surface area contributed by atoms with Crippen LogP contribution in [0, 0.1) is 0 Å². The number of allylic oxidation sites excluding steroid dienone is 4. The third-order valence-electron chi connectivity index (χ3n) is 7.06. The van der Waals surface area contributed by atoms with E-state index in [2.05, 4.69) is 27.8 Å². The number of ketones is 2. The molecule has 0 bridgehead atoms. The van der Waals surface area contributed by atoms with Gasteiger partial charge < -0.3 is 14.2 Å². The smallest absolute Gasteiger partial charge is 0.161 e. The normalized spacial score (nSPS) is 20.0. The van der Waals surface area contributed by atoms with Crippen LogP contribution < -0.4 is 0 Å². The number of rotatable bonds is 5. The Hall–Kier alpha value is -2.66. The zero-order valence-corrected chi connectivity index (χ0v) is 18.4. The van der Waals surface area contributed by atoms with Gasteiger partial charge in [-0.2, -0.15) is 0 Å². The van der Waals surface area contributed by atoms with Gasteiger partial charge in [-0.05, 0) is 43.7 Å². The van der Waals surface area contributed by atoms with Gasteiger partial charge in [-0.25, -0.2) is 0 Å². The number of aryl methyl sites for hydroxylation is 1. The quantitative estimate of drug-likeness (QED) is 0.665. The van der Waals surface area contributed by atoms with Crippen molar-refractivity contribution in [1.82, 2.24) is 9.47 Å². The van der Waals surface area contributed by atoms with E-state index < -0.39 is 0 Å². The molecule has 2 aromatic rings. The maximum absolute atomic E-state index is 13.4. The highest BCUT2D eigenvalue weighted by molar-refractivity contribution is 6.07. The fraction of sp³-hybridized carbons (Fsp3) is 0.462. The first kappa shape index (κ1) is 20.3. The number of carbonyl (C=O) groups is 2. The summed E-state index contributed by atoms with van der Waals surface area (Å²) < 4.78 is 7.41. The monoisotopic (exact) mass is 418 g/mol. The van der Waals surface area contributed by atoms with Gasteiger partial charge in [0.25, 0.3) is 0 Å². The lowest BCUT2D eigenvalue weighted by atomic mass is 9.71. The molecule has 0 fully saturated rings. The summed E-state index contributed by atoms with van der Waals surface area (Å²) in [5, 5.41) is 1.14. The molecule has 5 heteroatoms. The second-order valence-electron chi connectivity index (χ2n) is 8.92. The van der Waals surface area contributed by atoms with Crippen LogP contribution in [-0.4, -0.2) is 41.3 Å². The third-order valence-corrected chi connectivity index (χ3v) is 7.06. The van der Waals surface area contributed by atoms with Gasteiger partial charge in [0.15, 0.2) is 11.6 Å². The van der Waals surface area contributed by atoms with E-state index >= 15 is 0 Å². The minimum atomic E-state index is -0.240. The molecule has 0 spiro atoms. The third kappa shape index (κ3) is 3.26. The largest absolute Gasteiger partial charge is 0.385 e. The first-order valence-electron chi connectivity index (χ1n) is 11.4. The van der Waals surface area contributed by atoms with Crippen molar-refractivity contribution in [2.75, 3.05) is 20.3 Å². The van der Waals surface area contributed by atoms with E-state index in [0.29, 0.717) is 19.4 Å². The Morgan fingerprint density at radius 2 is 1.61 bits per heavy atom. The van der Waals surface area contributed by atoms with Gasteiger partial charge in [-0.15, -0.1) is 0 Å². The average molecular weight is 419 g/mol. The SMILES string of the molecule is COCCCN1C2=C(C(=O)CCC2)C(c2cn(C)c3ccccc23)C2=C1CCCC2=O. The van der Waals surface area contributed by atoms with Crippen molar-refractivity contribution in [2.45, 2.75) is 50.9 Å². The summed E-state index contributed by atoms with van der Waals surface area (Å²) in [6.45, 7) is 1.48. The molecule has 0 atom stereocenters. The van der Waals surface area contributed by atoms with Gasteiger partial charge in [-0.1, -0.05) is 18.2 Å². The number of fused-ring (bicyclic) bond motifs is 1. The summed E-state index contributed by atoms with van der Waals surface area (Å²) in [7, 11) is 3.76. The number of benzene rings is 1. The second kappa shape index (κ2) is 8.12. The molecule has 1 aromatic carbocycles. The molecule has 1 aliphatic heterocycles. The van der Waals surface area contributed by atoms with E-state index in [0.717, 1.165) is 77.7 Å². The second-order valence-corrected chi connectivity index (χ2v) is 8.92. The van der Waals surface area contributed by atoms with Crippen molar-refractivity contribution in [3.8, 4) is 0 Å². The van der Waals surface area contributed by atoms with Gasteiger partial charge in [0.05, 0.1) is 0 Å². The van der Waals surface area contributed by atoms with Crippen LogP contribution in [0.1, 0.15) is 56.4 Å². The molecule has 0 radical (unpaired) electrons. The molecule has 31 heavy (non-hydrogen) atoms. The summed E-state index contributed by atoms with van der Waals surface area (Å²) >= 11 is 0. The molecule has 2 aliphatic carbocycles. The Bertz CT molecular complexity index is 1080. The molecule has 0 saturated heterocycles. The number of hydrogen-bond donors (Lipinski definition) is 0. The van der Waals surface area contributed by atoms with Gasteiger partial charge in [-0.3, -0.25) is 9.59 Å². The van der Waals surface area contributed by atoms with Crippen LogP contribution in [-0.2, 0) is 21.4 Å². The van der Waals surface area contributed by atoms with Crippen molar-refractivity contribution in [1.29, 1.82) is 0 Å². The molecule has 0 amide bonds. The molecular formula is C26H30N2O3. The maximum Gasteiger partial charge on any atom is 0.161 e. The van der Waals surface area contributed by atoms with E-state index in [-0.39, 0.29) is 17.5 Å². The fourth-order valence-electron chi connectivity index (χ4n) is 5.77. The lowest BCUT2D eigenvalue weighted by molar-refractivity contribution is -0.117. The van der Waals surface area contributed by atoms with E-state index in [1.54, 1.807) is 7.11 Å². The molecule has 162 valence electrons. The van der Waals surface area contributed by atoms with Gasteiger partial charge in [0, 0.05) is 85.7 Å². The van der Waals surface area contributed by atoms with E-state index in [1.165, 1.54) is 0 Å². The zero-order chi connectivity index (χ0) is 21.5. The maximum atomic E-state index is 13.4. The zero-order valence-electron chi connectivity index (χ0n) is 18.4. The van der Waals surface area contributed by atoms with E-state index in [9.17, 15) is 9.59 Å². The van der Waals surface area contributed by atoms with Crippen molar-refractivity contribution < 1.29 is 14.3 Å². The minimum absolute atomic E-state index is 0.209. The number of nitrogens with zero attached hydrogens (tertiary/aromatic N) is 2. The number of methoxy groups -OCH3 is 1. The topological polar surface area (TPSA) is 51.5 Å². The van der Waals surface area contributed by atoms with Crippen LogP contribution in [0.4, 0.5) is 0 Å². The molecule has 2 heterocycles. The summed E-state index contributed by atoms with van der Waals surface area (Å²) in [6, 6.07) is 8.31. The Labute approximate surface area is 183 Å². The lowest BCUT2D eigenvalue weighted by Crippen LogP contribution is -2.39. The van der Waals surface area contributed by atoms with Crippen LogP contribution in [0.15, 0.2) is 53.0 Å². The molecule has 0 saturated carbocycles. The summed E-state index contributed by atoms with van der Waals surface area (Å²) in [5.74, 6) is 0.178. The lowest BCUT2D eigenvalue weighted by Gasteiger charge is -2.44. The minimum Gasteiger partial charge on any atom is -0.385 e. The highest BCUT2D eigenvalue weighted by Crippen LogP contribution is 2.50. The van der Waals surface area contributed by atoms with Crippen molar-refractivity contribution in [3.63, 3.8) is 0 Å². The highest BCUT2D eigenvalue weighted by atomic mass is 16.5. The number of aromatic nitrogens is 1. The van der Waals surface area contributed by atoms with Crippen molar-refractivity contribution in [2.24, 2.45) is 7.05 Å². The van der Waals surface area contributed by atoms with E-state index in [4.69, 9.17) is 4.74 Å². The molecular weight excluding hydrogens is 388 g/mol. The fourth-order valence-corrected chi connectivity index (χ4v) is 5.77. The van der Waals surface area contributed by atoms with Crippen LogP contribution in [0.5, 0.6) is 0 Å². The number of ether oxygens (including phenoxy) is 1. The molecule has 1 aromatic heterocycles. The van der Waals surface area contributed by atoms with Crippen LogP contribution >= 0.6 is 0 Å². The first-order valence-corrected chi connectivity index (χ1v) is 11.4. The molecule has 0 N–H and O–H groups in total. The van der Waals surface area contributed by atoms with Crippen molar-refractivity contribution >= 4 is 22.5 Å². The number of hydrogen-bond acceptors (Lipinski definition) is 4. The highest BCUT2D eigenvalue weighted by Gasteiger charge is 2.43. The van der Waals surface area contributed by atoms with Crippen LogP contribution in [0.3, 0.4) is 0 Å². The summed E-state index contributed by atoms with van der Waals surface area (Å²) in [6.07, 6.45) is 7.74. The Balaban J connectivity index is 1.74. The Morgan fingerprint density at radius 1 is 0.968 bits per heavy atom. The summed E-state index contributed by atoms with van der Waals surface area (Å²) in [4.78, 5) is 29.0. The molecule has 3 aliphatic rings. The predicted molar refractivity (Wildman–Crippen MR) is 121 cm³/mol. The van der Waals surface area contributed by atoms with Gasteiger partial charge >= 0.3 is 0 Å². The average Bonchev–Trinajstić information content (AvgIpc) is 3.11.